The highest BCUT2D eigenvalue weighted by atomic mass is 35.5. The Morgan fingerprint density at radius 3 is 2.47 bits per heavy atom. The Bertz CT molecular complexity index is 497. The quantitative estimate of drug-likeness (QED) is 0.645. The molecule has 0 fully saturated rings. The van der Waals surface area contributed by atoms with Crippen LogP contribution in [0.1, 0.15) is 29.6 Å². The second-order valence-electron chi connectivity index (χ2n) is 4.43. The van der Waals surface area contributed by atoms with Gasteiger partial charge >= 0.3 is 0 Å². The summed E-state index contributed by atoms with van der Waals surface area (Å²) in [4.78, 5) is 23.6. The molecule has 0 aromatic heterocycles. The van der Waals surface area contributed by atoms with Crippen molar-refractivity contribution in [3.8, 4) is 0 Å². The second-order valence-corrected chi connectivity index (χ2v) is 4.87. The Kier molecular flexibility index (Phi) is 4.58. The van der Waals surface area contributed by atoms with E-state index in [-0.39, 0.29) is 17.7 Å². The summed E-state index contributed by atoms with van der Waals surface area (Å²) in [6.45, 7) is 0. The van der Waals surface area contributed by atoms with Crippen LogP contribution in [0.15, 0.2) is 36.4 Å². The Morgan fingerprint density at radius 1 is 1.11 bits per heavy atom. The second kappa shape index (κ2) is 6.38. The van der Waals surface area contributed by atoms with Crippen LogP contribution in [-0.2, 0) is 4.79 Å². The van der Waals surface area contributed by atoms with Gasteiger partial charge in [0.25, 0.3) is 5.91 Å². The lowest BCUT2D eigenvalue weighted by Gasteiger charge is -2.17. The first-order chi connectivity index (χ1) is 9.16. The number of benzene rings is 1. The molecule has 0 saturated carbocycles. The van der Waals surface area contributed by atoms with Crippen molar-refractivity contribution in [3.05, 3.63) is 47.0 Å². The third-order valence-electron chi connectivity index (χ3n) is 3.05. The van der Waals surface area contributed by atoms with Gasteiger partial charge in [-0.2, -0.15) is 0 Å². The van der Waals surface area contributed by atoms with E-state index < -0.39 is 0 Å². The highest BCUT2D eigenvalue weighted by Gasteiger charge is 2.19. The molecule has 2 N–H and O–H groups in total. The van der Waals surface area contributed by atoms with E-state index in [0.717, 1.165) is 19.3 Å². The first kappa shape index (κ1) is 13.6. The third-order valence-corrected chi connectivity index (χ3v) is 3.30. The van der Waals surface area contributed by atoms with Crippen molar-refractivity contribution in [1.82, 2.24) is 10.9 Å². The van der Waals surface area contributed by atoms with E-state index in [1.807, 2.05) is 6.08 Å². The molecule has 1 aromatic carbocycles. The third kappa shape index (κ3) is 3.83. The lowest BCUT2D eigenvalue weighted by atomic mass is 9.94. The number of hydrazine groups is 1. The Balaban J connectivity index is 1.84. The number of nitrogens with one attached hydrogen (secondary N) is 2. The monoisotopic (exact) mass is 278 g/mol. The maximum atomic E-state index is 11.8. The van der Waals surface area contributed by atoms with Gasteiger partial charge in [-0.3, -0.25) is 20.4 Å². The van der Waals surface area contributed by atoms with E-state index in [1.54, 1.807) is 24.3 Å². The largest absolute Gasteiger partial charge is 0.273 e. The molecule has 2 rings (SSSR count). The van der Waals surface area contributed by atoms with E-state index in [0.29, 0.717) is 10.6 Å². The number of amides is 2. The van der Waals surface area contributed by atoms with Gasteiger partial charge in [0.2, 0.25) is 5.91 Å². The summed E-state index contributed by atoms with van der Waals surface area (Å²) in [7, 11) is 0. The molecule has 0 heterocycles. The molecule has 0 spiro atoms. The van der Waals surface area contributed by atoms with Crippen molar-refractivity contribution in [3.63, 3.8) is 0 Å². The fourth-order valence-corrected chi connectivity index (χ4v) is 2.05. The van der Waals surface area contributed by atoms with Crippen molar-refractivity contribution in [2.24, 2.45) is 5.92 Å². The standard InChI is InChI=1S/C14H15ClN2O2/c15-12-8-6-11(7-9-12)14(19)17-16-13(18)10-4-2-1-3-5-10/h1-2,6-10H,3-5H2,(H,16,18)(H,17,19). The van der Waals surface area contributed by atoms with Crippen LogP contribution in [0.3, 0.4) is 0 Å². The number of hydrogen-bond donors (Lipinski definition) is 2. The molecule has 2 amide bonds. The number of carbonyl (C=O) groups is 2. The minimum Gasteiger partial charge on any atom is -0.273 e. The molecule has 1 unspecified atom stereocenters. The summed E-state index contributed by atoms with van der Waals surface area (Å²) in [5, 5.41) is 0.564. The summed E-state index contributed by atoms with van der Waals surface area (Å²) in [6, 6.07) is 6.47. The summed E-state index contributed by atoms with van der Waals surface area (Å²) < 4.78 is 0. The number of hydrogen-bond acceptors (Lipinski definition) is 2. The Hall–Kier alpha value is -1.81. The van der Waals surface area contributed by atoms with Crippen LogP contribution >= 0.6 is 11.6 Å². The van der Waals surface area contributed by atoms with Crippen molar-refractivity contribution in [1.29, 1.82) is 0 Å². The lowest BCUT2D eigenvalue weighted by molar-refractivity contribution is -0.126. The van der Waals surface area contributed by atoms with Crippen molar-refractivity contribution >= 4 is 23.4 Å². The Morgan fingerprint density at radius 2 is 1.84 bits per heavy atom. The maximum absolute atomic E-state index is 11.8. The van der Waals surface area contributed by atoms with Gasteiger partial charge < -0.3 is 0 Å². The minimum absolute atomic E-state index is 0.0597. The molecule has 5 heteroatoms. The van der Waals surface area contributed by atoms with E-state index >= 15 is 0 Å². The van der Waals surface area contributed by atoms with Crippen LogP contribution in [-0.4, -0.2) is 11.8 Å². The van der Waals surface area contributed by atoms with Gasteiger partial charge in [0.1, 0.15) is 0 Å². The predicted molar refractivity (Wildman–Crippen MR) is 73.5 cm³/mol. The van der Waals surface area contributed by atoms with Gasteiger partial charge in [0, 0.05) is 16.5 Å². The molecule has 4 nitrogen and oxygen atoms in total. The van der Waals surface area contributed by atoms with Gasteiger partial charge in [-0.15, -0.1) is 0 Å². The van der Waals surface area contributed by atoms with Crippen LogP contribution in [0.4, 0.5) is 0 Å². The zero-order valence-corrected chi connectivity index (χ0v) is 11.1. The van der Waals surface area contributed by atoms with Crippen LogP contribution < -0.4 is 10.9 Å². The maximum Gasteiger partial charge on any atom is 0.269 e. The van der Waals surface area contributed by atoms with Crippen molar-refractivity contribution in [2.75, 3.05) is 0 Å². The fraction of sp³-hybridized carbons (Fsp3) is 0.286. The number of rotatable bonds is 2. The molecule has 1 aliphatic rings. The Labute approximate surface area is 116 Å². The number of allylic oxidation sites excluding steroid dienone is 2. The summed E-state index contributed by atoms with van der Waals surface area (Å²) in [5.41, 5.74) is 5.32. The molecule has 1 atom stereocenters. The molecule has 0 radical (unpaired) electrons. The topological polar surface area (TPSA) is 58.2 Å². The zero-order valence-electron chi connectivity index (χ0n) is 10.4. The van der Waals surface area contributed by atoms with Crippen LogP contribution in [0, 0.1) is 5.92 Å². The molecular formula is C14H15ClN2O2. The first-order valence-corrected chi connectivity index (χ1v) is 6.55. The van der Waals surface area contributed by atoms with Crippen LogP contribution in [0.25, 0.3) is 0 Å². The van der Waals surface area contributed by atoms with Gasteiger partial charge in [0.05, 0.1) is 0 Å². The SMILES string of the molecule is O=C(NNC(=O)C1CC=CCC1)c1ccc(Cl)cc1. The van der Waals surface area contributed by atoms with Crippen LogP contribution in [0.2, 0.25) is 5.02 Å². The van der Waals surface area contributed by atoms with E-state index in [4.69, 9.17) is 11.6 Å². The molecule has 0 saturated heterocycles. The summed E-state index contributed by atoms with van der Waals surface area (Å²) in [5.74, 6) is -0.557. The highest BCUT2D eigenvalue weighted by Crippen LogP contribution is 2.17. The molecule has 19 heavy (non-hydrogen) atoms. The first-order valence-electron chi connectivity index (χ1n) is 6.17. The minimum atomic E-state index is -0.351. The molecule has 100 valence electrons. The smallest absolute Gasteiger partial charge is 0.269 e. The molecule has 0 aliphatic heterocycles. The molecule has 0 bridgehead atoms. The van der Waals surface area contributed by atoms with Gasteiger partial charge in [-0.25, -0.2) is 0 Å². The summed E-state index contributed by atoms with van der Waals surface area (Å²) >= 11 is 5.74. The fourth-order valence-electron chi connectivity index (χ4n) is 1.93. The number of carbonyl (C=O) groups excluding carboxylic acids is 2. The molecular weight excluding hydrogens is 264 g/mol. The van der Waals surface area contributed by atoms with E-state index in [2.05, 4.69) is 16.9 Å². The summed E-state index contributed by atoms with van der Waals surface area (Å²) in [6.07, 6.45) is 6.51. The van der Waals surface area contributed by atoms with Crippen molar-refractivity contribution in [2.45, 2.75) is 19.3 Å². The molecule has 1 aromatic rings. The van der Waals surface area contributed by atoms with Gasteiger partial charge in [-0.1, -0.05) is 23.8 Å². The van der Waals surface area contributed by atoms with Crippen LogP contribution in [0.5, 0.6) is 0 Å². The average molecular weight is 279 g/mol. The number of halogens is 1. The zero-order chi connectivity index (χ0) is 13.7. The van der Waals surface area contributed by atoms with Gasteiger partial charge in [-0.05, 0) is 43.5 Å². The van der Waals surface area contributed by atoms with Crippen molar-refractivity contribution < 1.29 is 9.59 Å². The molecule has 1 aliphatic carbocycles. The normalized spacial score (nSPS) is 17.8. The van der Waals surface area contributed by atoms with E-state index in [9.17, 15) is 9.59 Å². The van der Waals surface area contributed by atoms with E-state index in [1.165, 1.54) is 0 Å². The lowest BCUT2D eigenvalue weighted by Crippen LogP contribution is -2.44. The van der Waals surface area contributed by atoms with Gasteiger partial charge in [0.15, 0.2) is 0 Å². The predicted octanol–water partition coefficient (Wildman–Crippen LogP) is 2.46. The highest BCUT2D eigenvalue weighted by molar-refractivity contribution is 6.30. The average Bonchev–Trinajstić information content (AvgIpc) is 2.46.